The number of halogens is 1. The molecule has 3 heterocycles. The van der Waals surface area contributed by atoms with Gasteiger partial charge >= 0.3 is 0 Å². The molecular formula is C19H20FN5O4. The summed E-state index contributed by atoms with van der Waals surface area (Å²) in [7, 11) is 0. The van der Waals surface area contributed by atoms with Crippen molar-refractivity contribution in [1.82, 2.24) is 14.9 Å². The highest BCUT2D eigenvalue weighted by Crippen LogP contribution is 2.35. The number of hydrogen-bond donors (Lipinski definition) is 1. The van der Waals surface area contributed by atoms with E-state index in [4.69, 9.17) is 9.26 Å². The fourth-order valence-corrected chi connectivity index (χ4v) is 3.66. The van der Waals surface area contributed by atoms with Crippen LogP contribution >= 0.6 is 0 Å². The second kappa shape index (κ2) is 7.28. The van der Waals surface area contributed by atoms with E-state index in [2.05, 4.69) is 15.6 Å². The molecule has 152 valence electrons. The SMILES string of the molecule is CC(=O)Nc1ccn(-c2noc3c(F)c(N4C[C@@H](C)O[C@@H](C)C4)c(C=O)cc23)n1. The van der Waals surface area contributed by atoms with Gasteiger partial charge in [-0.05, 0) is 19.9 Å². The lowest BCUT2D eigenvalue weighted by Gasteiger charge is -2.37. The van der Waals surface area contributed by atoms with Gasteiger partial charge in [0.25, 0.3) is 0 Å². The second-order valence-electron chi connectivity index (χ2n) is 7.12. The topological polar surface area (TPSA) is 102 Å². The standard InChI is InChI=1S/C19H20FN5O4/c1-10-7-24(8-11(2)28-10)17-13(9-26)6-14-18(16(17)20)29-23-19(14)25-5-4-15(22-25)21-12(3)27/h4-6,9-11H,7-8H2,1-3H3,(H,21,22,27)/t10-,11+. The molecule has 0 radical (unpaired) electrons. The van der Waals surface area contributed by atoms with Crippen LogP contribution in [0, 0.1) is 5.82 Å². The Kier molecular flexibility index (Phi) is 4.79. The minimum absolute atomic E-state index is 0.0658. The van der Waals surface area contributed by atoms with Gasteiger partial charge in [-0.1, -0.05) is 5.16 Å². The Morgan fingerprint density at radius 2 is 2.07 bits per heavy atom. The summed E-state index contributed by atoms with van der Waals surface area (Å²) in [5.41, 5.74) is 0.301. The third-order valence-electron chi connectivity index (χ3n) is 4.66. The first-order chi connectivity index (χ1) is 13.9. The highest BCUT2D eigenvalue weighted by molar-refractivity contribution is 5.97. The maximum Gasteiger partial charge on any atom is 0.222 e. The van der Waals surface area contributed by atoms with Crippen LogP contribution in [0.2, 0.25) is 0 Å². The van der Waals surface area contributed by atoms with Gasteiger partial charge in [0.2, 0.25) is 17.3 Å². The molecule has 3 aromatic rings. The summed E-state index contributed by atoms with van der Waals surface area (Å²) in [6.45, 7) is 6.07. The Hall–Kier alpha value is -3.27. The van der Waals surface area contributed by atoms with Crippen molar-refractivity contribution in [2.75, 3.05) is 23.3 Å². The molecule has 9 nitrogen and oxygen atoms in total. The summed E-state index contributed by atoms with van der Waals surface area (Å²) in [5.74, 6) is -0.390. The van der Waals surface area contributed by atoms with Gasteiger partial charge in [0, 0.05) is 37.8 Å². The number of rotatable bonds is 4. The van der Waals surface area contributed by atoms with Crippen LogP contribution in [0.4, 0.5) is 15.9 Å². The van der Waals surface area contributed by atoms with Gasteiger partial charge < -0.3 is 19.5 Å². The maximum atomic E-state index is 15.4. The third-order valence-corrected chi connectivity index (χ3v) is 4.66. The number of nitrogens with zero attached hydrogens (tertiary/aromatic N) is 4. The molecule has 0 aliphatic carbocycles. The Bertz CT molecular complexity index is 1080. The van der Waals surface area contributed by atoms with Gasteiger partial charge in [0.15, 0.2) is 17.9 Å². The van der Waals surface area contributed by atoms with Crippen LogP contribution in [-0.4, -0.2) is 52.4 Å². The first-order valence-electron chi connectivity index (χ1n) is 9.18. The fourth-order valence-electron chi connectivity index (χ4n) is 3.66. The van der Waals surface area contributed by atoms with Crippen LogP contribution in [0.5, 0.6) is 0 Å². The molecule has 10 heteroatoms. The lowest BCUT2D eigenvalue weighted by atomic mass is 10.1. The molecule has 1 aliphatic rings. The van der Waals surface area contributed by atoms with Crippen molar-refractivity contribution in [3.8, 4) is 5.82 Å². The van der Waals surface area contributed by atoms with Crippen LogP contribution in [0.25, 0.3) is 16.8 Å². The molecular weight excluding hydrogens is 381 g/mol. The number of benzene rings is 1. The number of hydrogen-bond acceptors (Lipinski definition) is 7. The van der Waals surface area contributed by atoms with E-state index >= 15 is 4.39 Å². The van der Waals surface area contributed by atoms with Crippen LogP contribution in [0.1, 0.15) is 31.1 Å². The Balaban J connectivity index is 1.80. The number of fused-ring (bicyclic) bond motifs is 1. The number of amides is 1. The molecule has 1 amide bonds. The molecule has 0 bridgehead atoms. The summed E-state index contributed by atoms with van der Waals surface area (Å²) >= 11 is 0. The third kappa shape index (κ3) is 3.46. The number of anilines is 2. The normalized spacial score (nSPS) is 19.5. The van der Waals surface area contributed by atoms with Gasteiger partial charge in [0.05, 0.1) is 23.3 Å². The average molecular weight is 401 g/mol. The number of carbonyl (C=O) groups is 2. The summed E-state index contributed by atoms with van der Waals surface area (Å²) in [6.07, 6.45) is 1.97. The van der Waals surface area contributed by atoms with Crippen LogP contribution in [0.15, 0.2) is 22.9 Å². The second-order valence-corrected chi connectivity index (χ2v) is 7.12. The maximum absolute atomic E-state index is 15.4. The van der Waals surface area contributed by atoms with Gasteiger partial charge in [-0.2, -0.15) is 0 Å². The lowest BCUT2D eigenvalue weighted by Crippen LogP contribution is -2.46. The monoisotopic (exact) mass is 401 g/mol. The molecule has 4 rings (SSSR count). The molecule has 1 aliphatic heterocycles. The van der Waals surface area contributed by atoms with Crippen molar-refractivity contribution in [3.63, 3.8) is 0 Å². The van der Waals surface area contributed by atoms with E-state index in [0.29, 0.717) is 30.6 Å². The number of nitrogens with one attached hydrogen (secondary N) is 1. The molecule has 0 spiro atoms. The highest BCUT2D eigenvalue weighted by Gasteiger charge is 2.29. The van der Waals surface area contributed by atoms with E-state index in [9.17, 15) is 9.59 Å². The van der Waals surface area contributed by atoms with Gasteiger partial charge in [-0.3, -0.25) is 9.59 Å². The predicted octanol–water partition coefficient (Wildman–Crippen LogP) is 2.54. The van der Waals surface area contributed by atoms with Crippen molar-refractivity contribution in [2.45, 2.75) is 33.0 Å². The largest absolute Gasteiger partial charge is 0.372 e. The zero-order valence-electron chi connectivity index (χ0n) is 16.2. The van der Waals surface area contributed by atoms with Crippen molar-refractivity contribution < 1.29 is 23.2 Å². The minimum Gasteiger partial charge on any atom is -0.372 e. The Labute approximate surface area is 165 Å². The summed E-state index contributed by atoms with van der Waals surface area (Å²) in [6, 6.07) is 3.11. The van der Waals surface area contributed by atoms with E-state index in [1.54, 1.807) is 17.2 Å². The molecule has 1 saturated heterocycles. The van der Waals surface area contributed by atoms with Gasteiger partial charge in [-0.15, -0.1) is 5.10 Å². The first kappa shape index (κ1) is 19.1. The Morgan fingerprint density at radius 3 is 2.72 bits per heavy atom. The quantitative estimate of drug-likeness (QED) is 0.670. The first-order valence-corrected chi connectivity index (χ1v) is 9.18. The van der Waals surface area contributed by atoms with Crippen molar-refractivity contribution in [1.29, 1.82) is 0 Å². The average Bonchev–Trinajstić information content (AvgIpc) is 3.26. The molecule has 29 heavy (non-hydrogen) atoms. The molecule has 1 fully saturated rings. The smallest absolute Gasteiger partial charge is 0.222 e. The summed E-state index contributed by atoms with van der Waals surface area (Å²) in [5, 5.41) is 11.0. The number of aromatic nitrogens is 3. The van der Waals surface area contributed by atoms with Crippen LogP contribution in [0.3, 0.4) is 0 Å². The van der Waals surface area contributed by atoms with Crippen molar-refractivity contribution in [3.05, 3.63) is 29.7 Å². The van der Waals surface area contributed by atoms with Gasteiger partial charge in [-0.25, -0.2) is 9.07 Å². The molecule has 2 aromatic heterocycles. The number of aldehydes is 1. The minimum atomic E-state index is -0.654. The van der Waals surface area contributed by atoms with E-state index in [0.717, 1.165) is 0 Å². The fraction of sp³-hybridized carbons (Fsp3) is 0.368. The summed E-state index contributed by atoms with van der Waals surface area (Å²) < 4.78 is 27.7. The van der Waals surface area contributed by atoms with Crippen molar-refractivity contribution in [2.24, 2.45) is 0 Å². The van der Waals surface area contributed by atoms with E-state index in [1.807, 2.05) is 13.8 Å². The number of carbonyl (C=O) groups excluding carboxylic acids is 2. The van der Waals surface area contributed by atoms with Crippen LogP contribution in [-0.2, 0) is 9.53 Å². The highest BCUT2D eigenvalue weighted by atomic mass is 19.1. The lowest BCUT2D eigenvalue weighted by molar-refractivity contribution is -0.114. The van der Waals surface area contributed by atoms with Crippen molar-refractivity contribution >= 4 is 34.7 Å². The molecule has 1 N–H and O–H groups in total. The molecule has 0 saturated carbocycles. The number of morpholine rings is 1. The van der Waals surface area contributed by atoms with Gasteiger partial charge in [0.1, 0.15) is 0 Å². The summed E-state index contributed by atoms with van der Waals surface area (Å²) in [4.78, 5) is 24.8. The zero-order chi connectivity index (χ0) is 20.7. The van der Waals surface area contributed by atoms with E-state index in [1.165, 1.54) is 17.7 Å². The van der Waals surface area contributed by atoms with E-state index < -0.39 is 5.82 Å². The molecule has 1 aromatic carbocycles. The van der Waals surface area contributed by atoms with E-state index in [-0.39, 0.29) is 40.8 Å². The molecule has 2 atom stereocenters. The van der Waals surface area contributed by atoms with Crippen LogP contribution < -0.4 is 10.2 Å². The zero-order valence-corrected chi connectivity index (χ0v) is 16.2. The number of ether oxygens (including phenoxy) is 1. The Morgan fingerprint density at radius 1 is 1.34 bits per heavy atom. The predicted molar refractivity (Wildman–Crippen MR) is 103 cm³/mol. The molecule has 0 unspecified atom stereocenters.